The Hall–Kier alpha value is -2.15. The van der Waals surface area contributed by atoms with Crippen molar-refractivity contribution in [2.75, 3.05) is 6.54 Å². The van der Waals surface area contributed by atoms with Gasteiger partial charge in [-0.1, -0.05) is 15.9 Å². The number of aryl methyl sites for hydroxylation is 1. The maximum absolute atomic E-state index is 12.2. The SMILES string of the molecule is Cn1c(=O)c(C(=O)NCCC=O)c(O)c2ccc(Br)cc21. The van der Waals surface area contributed by atoms with Crippen molar-refractivity contribution in [3.63, 3.8) is 0 Å². The number of aromatic hydroxyl groups is 1. The van der Waals surface area contributed by atoms with Crippen molar-refractivity contribution in [1.82, 2.24) is 9.88 Å². The zero-order chi connectivity index (χ0) is 15.6. The minimum absolute atomic E-state index is 0.114. The molecule has 1 amide bonds. The van der Waals surface area contributed by atoms with Gasteiger partial charge in [0.25, 0.3) is 11.5 Å². The largest absolute Gasteiger partial charge is 0.506 e. The summed E-state index contributed by atoms with van der Waals surface area (Å²) < 4.78 is 2.06. The monoisotopic (exact) mass is 352 g/mol. The van der Waals surface area contributed by atoms with E-state index in [4.69, 9.17) is 0 Å². The molecule has 0 bridgehead atoms. The number of carbonyl (C=O) groups is 2. The van der Waals surface area contributed by atoms with E-state index >= 15 is 0 Å². The molecule has 0 saturated carbocycles. The molecule has 7 heteroatoms. The van der Waals surface area contributed by atoms with Crippen molar-refractivity contribution >= 4 is 39.0 Å². The number of hydrogen-bond donors (Lipinski definition) is 2. The van der Waals surface area contributed by atoms with E-state index in [-0.39, 0.29) is 24.3 Å². The van der Waals surface area contributed by atoms with E-state index in [2.05, 4.69) is 21.2 Å². The third-order valence-corrected chi connectivity index (χ3v) is 3.60. The molecule has 0 aliphatic carbocycles. The van der Waals surface area contributed by atoms with Gasteiger partial charge in [-0.25, -0.2) is 0 Å². The van der Waals surface area contributed by atoms with Crippen LogP contribution in [0.25, 0.3) is 10.9 Å². The second-order valence-electron chi connectivity index (χ2n) is 4.46. The Labute approximate surface area is 128 Å². The maximum Gasteiger partial charge on any atom is 0.267 e. The van der Waals surface area contributed by atoms with E-state index in [9.17, 15) is 19.5 Å². The number of amides is 1. The zero-order valence-electron chi connectivity index (χ0n) is 11.2. The van der Waals surface area contributed by atoms with Gasteiger partial charge in [-0.3, -0.25) is 9.59 Å². The molecule has 6 nitrogen and oxygen atoms in total. The Kier molecular flexibility index (Phi) is 4.42. The fourth-order valence-corrected chi connectivity index (χ4v) is 2.38. The number of halogens is 1. The van der Waals surface area contributed by atoms with Gasteiger partial charge in [0.1, 0.15) is 17.6 Å². The number of fused-ring (bicyclic) bond motifs is 1. The molecule has 0 radical (unpaired) electrons. The molecule has 110 valence electrons. The van der Waals surface area contributed by atoms with E-state index in [1.54, 1.807) is 18.2 Å². The summed E-state index contributed by atoms with van der Waals surface area (Å²) in [6.45, 7) is 0.114. The van der Waals surface area contributed by atoms with Crippen LogP contribution in [0.15, 0.2) is 27.5 Å². The molecule has 1 heterocycles. The number of aldehydes is 1. The van der Waals surface area contributed by atoms with E-state index in [1.165, 1.54) is 11.6 Å². The number of pyridine rings is 1. The second kappa shape index (κ2) is 6.09. The zero-order valence-corrected chi connectivity index (χ0v) is 12.8. The highest BCUT2D eigenvalue weighted by Crippen LogP contribution is 2.28. The van der Waals surface area contributed by atoms with Crippen LogP contribution in [0.2, 0.25) is 0 Å². The van der Waals surface area contributed by atoms with Crippen LogP contribution < -0.4 is 10.9 Å². The molecule has 21 heavy (non-hydrogen) atoms. The van der Waals surface area contributed by atoms with Crippen LogP contribution in [0, 0.1) is 0 Å². The highest BCUT2D eigenvalue weighted by Gasteiger charge is 2.20. The summed E-state index contributed by atoms with van der Waals surface area (Å²) in [6.07, 6.45) is 0.809. The molecule has 0 unspecified atom stereocenters. The first-order valence-electron chi connectivity index (χ1n) is 6.20. The Bertz CT molecular complexity index is 783. The van der Waals surface area contributed by atoms with Gasteiger partial charge in [-0.2, -0.15) is 0 Å². The van der Waals surface area contributed by atoms with Crippen molar-refractivity contribution in [2.24, 2.45) is 7.05 Å². The van der Waals surface area contributed by atoms with Crippen molar-refractivity contribution in [1.29, 1.82) is 0 Å². The Morgan fingerprint density at radius 2 is 2.19 bits per heavy atom. The lowest BCUT2D eigenvalue weighted by Crippen LogP contribution is -2.33. The summed E-state index contributed by atoms with van der Waals surface area (Å²) in [7, 11) is 1.53. The van der Waals surface area contributed by atoms with Gasteiger partial charge in [0.15, 0.2) is 0 Å². The molecule has 0 fully saturated rings. The summed E-state index contributed by atoms with van der Waals surface area (Å²) in [5.41, 5.74) is -0.406. The van der Waals surface area contributed by atoms with E-state index in [0.29, 0.717) is 17.2 Å². The first-order chi connectivity index (χ1) is 9.97. The van der Waals surface area contributed by atoms with Gasteiger partial charge in [0, 0.05) is 29.9 Å². The number of benzene rings is 1. The summed E-state index contributed by atoms with van der Waals surface area (Å²) in [6, 6.07) is 5.02. The molecular weight excluding hydrogens is 340 g/mol. The number of hydrogen-bond acceptors (Lipinski definition) is 4. The van der Waals surface area contributed by atoms with E-state index < -0.39 is 11.5 Å². The first kappa shape index (κ1) is 15.2. The normalized spacial score (nSPS) is 10.6. The van der Waals surface area contributed by atoms with Crippen molar-refractivity contribution in [3.05, 3.63) is 38.6 Å². The average molecular weight is 353 g/mol. The van der Waals surface area contributed by atoms with E-state index in [1.807, 2.05) is 0 Å². The molecule has 0 saturated heterocycles. The fourth-order valence-electron chi connectivity index (χ4n) is 2.03. The molecule has 0 aliphatic heterocycles. The minimum atomic E-state index is -0.695. The van der Waals surface area contributed by atoms with Gasteiger partial charge in [-0.05, 0) is 18.2 Å². The standard InChI is InChI=1S/C14H13BrN2O4/c1-17-10-7-8(15)3-4-9(10)12(19)11(14(17)21)13(20)16-5-2-6-18/h3-4,6-7,19H,2,5H2,1H3,(H,16,20). The minimum Gasteiger partial charge on any atom is -0.506 e. The van der Waals surface area contributed by atoms with Gasteiger partial charge in [0.2, 0.25) is 0 Å². The average Bonchev–Trinajstić information content (AvgIpc) is 2.45. The summed E-state index contributed by atoms with van der Waals surface area (Å²) in [5, 5.41) is 13.0. The number of rotatable bonds is 4. The molecule has 0 aliphatic rings. The lowest BCUT2D eigenvalue weighted by molar-refractivity contribution is -0.107. The summed E-state index contributed by atoms with van der Waals surface area (Å²) in [5.74, 6) is -1.05. The lowest BCUT2D eigenvalue weighted by Gasteiger charge is -2.12. The first-order valence-corrected chi connectivity index (χ1v) is 6.99. The summed E-state index contributed by atoms with van der Waals surface area (Å²) in [4.78, 5) is 34.5. The fraction of sp³-hybridized carbons (Fsp3) is 0.214. The van der Waals surface area contributed by atoms with Gasteiger partial charge in [-0.15, -0.1) is 0 Å². The molecule has 1 aromatic carbocycles. The van der Waals surface area contributed by atoms with E-state index in [0.717, 1.165) is 4.47 Å². The Balaban J connectivity index is 2.60. The van der Waals surface area contributed by atoms with Crippen molar-refractivity contribution < 1.29 is 14.7 Å². The van der Waals surface area contributed by atoms with Crippen LogP contribution in [-0.4, -0.2) is 28.4 Å². The highest BCUT2D eigenvalue weighted by molar-refractivity contribution is 9.10. The molecule has 0 spiro atoms. The van der Waals surface area contributed by atoms with Gasteiger partial charge >= 0.3 is 0 Å². The number of aromatic nitrogens is 1. The maximum atomic E-state index is 12.2. The molecule has 2 N–H and O–H groups in total. The van der Waals surface area contributed by atoms with Gasteiger partial charge < -0.3 is 19.8 Å². The summed E-state index contributed by atoms with van der Waals surface area (Å²) >= 11 is 3.30. The molecule has 2 rings (SSSR count). The smallest absolute Gasteiger partial charge is 0.267 e. The molecule has 1 aromatic heterocycles. The number of nitrogens with one attached hydrogen (secondary N) is 1. The van der Waals surface area contributed by atoms with Crippen LogP contribution in [0.4, 0.5) is 0 Å². The predicted octanol–water partition coefficient (Wildman–Crippen LogP) is 1.33. The number of nitrogens with zero attached hydrogens (tertiary/aromatic N) is 1. The molecule has 2 aromatic rings. The highest BCUT2D eigenvalue weighted by atomic mass is 79.9. The van der Waals surface area contributed by atoms with Crippen LogP contribution in [-0.2, 0) is 11.8 Å². The van der Waals surface area contributed by atoms with Crippen molar-refractivity contribution in [3.8, 4) is 5.75 Å². The van der Waals surface area contributed by atoms with Crippen LogP contribution in [0.3, 0.4) is 0 Å². The Morgan fingerprint density at radius 3 is 2.86 bits per heavy atom. The van der Waals surface area contributed by atoms with Crippen LogP contribution in [0.1, 0.15) is 16.8 Å². The topological polar surface area (TPSA) is 88.4 Å². The predicted molar refractivity (Wildman–Crippen MR) is 81.6 cm³/mol. The molecular formula is C14H13BrN2O4. The number of carbonyl (C=O) groups excluding carboxylic acids is 2. The quantitative estimate of drug-likeness (QED) is 0.641. The van der Waals surface area contributed by atoms with Crippen molar-refractivity contribution in [2.45, 2.75) is 6.42 Å². The van der Waals surface area contributed by atoms with Crippen LogP contribution >= 0.6 is 15.9 Å². The second-order valence-corrected chi connectivity index (χ2v) is 5.38. The van der Waals surface area contributed by atoms with Crippen LogP contribution in [0.5, 0.6) is 5.75 Å². The van der Waals surface area contributed by atoms with Gasteiger partial charge in [0.05, 0.1) is 5.52 Å². The molecule has 0 atom stereocenters. The lowest BCUT2D eigenvalue weighted by atomic mass is 10.1. The Morgan fingerprint density at radius 1 is 1.48 bits per heavy atom. The third-order valence-electron chi connectivity index (χ3n) is 3.11. The third kappa shape index (κ3) is 2.82.